The van der Waals surface area contributed by atoms with Crippen molar-refractivity contribution in [1.82, 2.24) is 9.78 Å². The van der Waals surface area contributed by atoms with Crippen LogP contribution in [-0.2, 0) is 19.5 Å². The molecule has 1 heterocycles. The van der Waals surface area contributed by atoms with Gasteiger partial charge in [0.1, 0.15) is 0 Å². The van der Waals surface area contributed by atoms with Crippen LogP contribution in [0.25, 0.3) is 0 Å². The lowest BCUT2D eigenvalue weighted by Crippen LogP contribution is -2.08. The van der Waals surface area contributed by atoms with Gasteiger partial charge in [-0.05, 0) is 48.3 Å². The third kappa shape index (κ3) is 3.18. The van der Waals surface area contributed by atoms with E-state index in [-0.39, 0.29) is 0 Å². The first-order valence-electron chi connectivity index (χ1n) is 6.70. The van der Waals surface area contributed by atoms with Crippen LogP contribution in [0.5, 0.6) is 0 Å². The van der Waals surface area contributed by atoms with Gasteiger partial charge in [-0.2, -0.15) is 5.10 Å². The van der Waals surface area contributed by atoms with E-state index in [4.69, 9.17) is 0 Å². The molecule has 1 N–H and O–H groups in total. The molecule has 0 bridgehead atoms. The molecule has 0 radical (unpaired) electrons. The van der Waals surface area contributed by atoms with Gasteiger partial charge in [-0.3, -0.25) is 4.68 Å². The van der Waals surface area contributed by atoms with Crippen molar-refractivity contribution in [3.63, 3.8) is 0 Å². The minimum Gasteiger partial charge on any atom is -0.379 e. The Morgan fingerprint density at radius 2 is 1.89 bits per heavy atom. The first-order chi connectivity index (χ1) is 9.15. The molecule has 102 valence electrons. The van der Waals surface area contributed by atoms with Crippen molar-refractivity contribution in [2.75, 3.05) is 5.32 Å². The van der Waals surface area contributed by atoms with Crippen LogP contribution in [0, 0.1) is 6.92 Å². The van der Waals surface area contributed by atoms with Crippen molar-refractivity contribution >= 4 is 21.6 Å². The van der Waals surface area contributed by atoms with E-state index in [1.807, 2.05) is 0 Å². The molecule has 0 unspecified atom stereocenters. The van der Waals surface area contributed by atoms with Gasteiger partial charge in [-0.1, -0.05) is 24.6 Å². The van der Waals surface area contributed by atoms with Gasteiger partial charge in [0.15, 0.2) is 0 Å². The zero-order valence-corrected chi connectivity index (χ0v) is 13.3. The first kappa shape index (κ1) is 14.1. The highest BCUT2D eigenvalue weighted by Gasteiger charge is 2.13. The number of nitrogens with zero attached hydrogens (tertiary/aromatic N) is 2. The zero-order chi connectivity index (χ0) is 13.8. The number of benzene rings is 1. The molecule has 3 nitrogen and oxygen atoms in total. The van der Waals surface area contributed by atoms with Gasteiger partial charge in [-0.25, -0.2) is 0 Å². The van der Waals surface area contributed by atoms with Gasteiger partial charge in [0.25, 0.3) is 0 Å². The van der Waals surface area contributed by atoms with Crippen LogP contribution in [0.1, 0.15) is 30.8 Å². The number of hydrogen-bond acceptors (Lipinski definition) is 2. The fraction of sp³-hybridized carbons (Fsp3) is 0.400. The number of rotatable bonds is 5. The molecule has 1 aromatic carbocycles. The average Bonchev–Trinajstić information content (AvgIpc) is 2.74. The Balaban J connectivity index is 2.14. The SMILES string of the molecule is CCc1nn(CC)c(CNc2ccc(C)cc2)c1Br. The van der Waals surface area contributed by atoms with Crippen LogP contribution in [0.15, 0.2) is 28.7 Å². The Morgan fingerprint density at radius 3 is 2.47 bits per heavy atom. The van der Waals surface area contributed by atoms with E-state index in [9.17, 15) is 0 Å². The van der Waals surface area contributed by atoms with Crippen LogP contribution in [0.4, 0.5) is 5.69 Å². The molecule has 0 saturated carbocycles. The van der Waals surface area contributed by atoms with Crippen LogP contribution >= 0.6 is 15.9 Å². The summed E-state index contributed by atoms with van der Waals surface area (Å²) in [5, 5.41) is 8.05. The predicted molar refractivity (Wildman–Crippen MR) is 83.5 cm³/mol. The van der Waals surface area contributed by atoms with E-state index < -0.39 is 0 Å². The summed E-state index contributed by atoms with van der Waals surface area (Å²) in [6.07, 6.45) is 0.950. The maximum Gasteiger partial charge on any atom is 0.0767 e. The second-order valence-electron chi connectivity index (χ2n) is 4.60. The van der Waals surface area contributed by atoms with Crippen molar-refractivity contribution in [2.45, 2.75) is 40.3 Å². The Labute approximate surface area is 123 Å². The summed E-state index contributed by atoms with van der Waals surface area (Å²) in [5.74, 6) is 0. The highest BCUT2D eigenvalue weighted by atomic mass is 79.9. The topological polar surface area (TPSA) is 29.9 Å². The Bertz CT molecular complexity index is 543. The highest BCUT2D eigenvalue weighted by Crippen LogP contribution is 2.23. The van der Waals surface area contributed by atoms with Crippen molar-refractivity contribution in [2.24, 2.45) is 0 Å². The predicted octanol–water partition coefficient (Wildman–Crippen LogP) is 4.15. The fourth-order valence-electron chi connectivity index (χ4n) is 2.04. The molecule has 0 fully saturated rings. The fourth-order valence-corrected chi connectivity index (χ4v) is 2.75. The monoisotopic (exact) mass is 321 g/mol. The average molecular weight is 322 g/mol. The van der Waals surface area contributed by atoms with Gasteiger partial charge in [0.2, 0.25) is 0 Å². The third-order valence-electron chi connectivity index (χ3n) is 3.21. The molecule has 2 aromatic rings. The lowest BCUT2D eigenvalue weighted by atomic mass is 10.2. The molecular weight excluding hydrogens is 302 g/mol. The Morgan fingerprint density at radius 1 is 1.21 bits per heavy atom. The van der Waals surface area contributed by atoms with Gasteiger partial charge in [0, 0.05) is 12.2 Å². The number of aromatic nitrogens is 2. The van der Waals surface area contributed by atoms with Crippen LogP contribution in [-0.4, -0.2) is 9.78 Å². The van der Waals surface area contributed by atoms with Crippen LogP contribution < -0.4 is 5.32 Å². The molecule has 1 aromatic heterocycles. The summed E-state index contributed by atoms with van der Waals surface area (Å²) in [7, 11) is 0. The second-order valence-corrected chi connectivity index (χ2v) is 5.39. The lowest BCUT2D eigenvalue weighted by Gasteiger charge is -2.09. The molecule has 19 heavy (non-hydrogen) atoms. The van der Waals surface area contributed by atoms with Crippen molar-refractivity contribution < 1.29 is 0 Å². The molecule has 2 rings (SSSR count). The van der Waals surface area contributed by atoms with Gasteiger partial charge in [-0.15, -0.1) is 0 Å². The largest absolute Gasteiger partial charge is 0.379 e. The molecule has 0 atom stereocenters. The molecule has 0 amide bonds. The highest BCUT2D eigenvalue weighted by molar-refractivity contribution is 9.10. The summed E-state index contributed by atoms with van der Waals surface area (Å²) < 4.78 is 3.20. The molecule has 0 aliphatic rings. The van der Waals surface area contributed by atoms with Crippen LogP contribution in [0.2, 0.25) is 0 Å². The van der Waals surface area contributed by atoms with Crippen molar-refractivity contribution in [1.29, 1.82) is 0 Å². The molecular formula is C15H20BrN3. The molecule has 0 spiro atoms. The standard InChI is InChI=1S/C15H20BrN3/c1-4-13-15(16)14(19(5-2)18-13)10-17-12-8-6-11(3)7-9-12/h6-9,17H,4-5,10H2,1-3H3. The quantitative estimate of drug-likeness (QED) is 0.896. The first-order valence-corrected chi connectivity index (χ1v) is 7.49. The zero-order valence-electron chi connectivity index (χ0n) is 11.7. The van der Waals surface area contributed by atoms with Crippen LogP contribution in [0.3, 0.4) is 0 Å². The molecule has 0 saturated heterocycles. The van der Waals surface area contributed by atoms with E-state index in [1.165, 1.54) is 11.3 Å². The number of aryl methyl sites for hydroxylation is 3. The number of halogens is 1. The van der Waals surface area contributed by atoms with E-state index >= 15 is 0 Å². The summed E-state index contributed by atoms with van der Waals surface area (Å²) >= 11 is 3.66. The number of hydrogen-bond donors (Lipinski definition) is 1. The van der Waals surface area contributed by atoms with E-state index in [1.54, 1.807) is 0 Å². The second kappa shape index (κ2) is 6.24. The Kier molecular flexibility index (Phi) is 4.64. The van der Waals surface area contributed by atoms with Crippen molar-refractivity contribution in [3.8, 4) is 0 Å². The summed E-state index contributed by atoms with van der Waals surface area (Å²) in [6, 6.07) is 8.45. The van der Waals surface area contributed by atoms with E-state index in [0.29, 0.717) is 0 Å². The van der Waals surface area contributed by atoms with E-state index in [0.717, 1.165) is 35.4 Å². The summed E-state index contributed by atoms with van der Waals surface area (Å²) in [5.41, 5.74) is 4.75. The summed E-state index contributed by atoms with van der Waals surface area (Å²) in [4.78, 5) is 0. The van der Waals surface area contributed by atoms with Gasteiger partial charge < -0.3 is 5.32 Å². The lowest BCUT2D eigenvalue weighted by molar-refractivity contribution is 0.619. The smallest absolute Gasteiger partial charge is 0.0767 e. The molecule has 4 heteroatoms. The van der Waals surface area contributed by atoms with E-state index in [2.05, 4.69) is 76.1 Å². The van der Waals surface area contributed by atoms with Gasteiger partial charge >= 0.3 is 0 Å². The number of anilines is 1. The molecule has 0 aliphatic heterocycles. The van der Waals surface area contributed by atoms with Crippen molar-refractivity contribution in [3.05, 3.63) is 45.7 Å². The normalized spacial score (nSPS) is 10.7. The number of nitrogens with one attached hydrogen (secondary N) is 1. The maximum absolute atomic E-state index is 4.60. The third-order valence-corrected chi connectivity index (χ3v) is 4.12. The minimum absolute atomic E-state index is 0.782. The molecule has 0 aliphatic carbocycles. The summed E-state index contributed by atoms with van der Waals surface area (Å²) in [6.45, 7) is 8.02. The maximum atomic E-state index is 4.60. The Hall–Kier alpha value is -1.29. The van der Waals surface area contributed by atoms with Gasteiger partial charge in [0.05, 0.1) is 22.4 Å². The minimum atomic E-state index is 0.782.